The summed E-state index contributed by atoms with van der Waals surface area (Å²) in [7, 11) is 0. The zero-order valence-corrected chi connectivity index (χ0v) is 14.0. The van der Waals surface area contributed by atoms with E-state index in [9.17, 15) is 0 Å². The van der Waals surface area contributed by atoms with Crippen LogP contribution in [0.1, 0.15) is 58.8 Å². The number of likely N-dealkylation sites (tertiary alicyclic amines) is 1. The quantitative estimate of drug-likeness (QED) is 0.534. The summed E-state index contributed by atoms with van der Waals surface area (Å²) in [6.45, 7) is 10.1. The average molecular weight is 294 g/mol. The van der Waals surface area contributed by atoms with Crippen LogP contribution in [0.2, 0.25) is 0 Å². The van der Waals surface area contributed by atoms with E-state index in [4.69, 9.17) is 4.99 Å². The zero-order valence-electron chi connectivity index (χ0n) is 14.0. The third-order valence-electron chi connectivity index (χ3n) is 4.60. The van der Waals surface area contributed by atoms with Gasteiger partial charge in [0, 0.05) is 32.2 Å². The van der Waals surface area contributed by atoms with Crippen LogP contribution in [0.25, 0.3) is 0 Å². The Morgan fingerprint density at radius 2 is 1.90 bits per heavy atom. The summed E-state index contributed by atoms with van der Waals surface area (Å²) in [6, 6.07) is 0.599. The molecule has 0 amide bonds. The van der Waals surface area contributed by atoms with Gasteiger partial charge in [0.05, 0.1) is 0 Å². The smallest absolute Gasteiger partial charge is 0.191 e. The average Bonchev–Trinajstić information content (AvgIpc) is 3.31. The number of nitrogens with one attached hydrogen (secondary N) is 2. The van der Waals surface area contributed by atoms with Gasteiger partial charge in [0.25, 0.3) is 0 Å². The predicted molar refractivity (Wildman–Crippen MR) is 90.8 cm³/mol. The SMILES string of the molecule is CCCCN1CCC(NC(=NCCC2CC2)NCC)CC1. The van der Waals surface area contributed by atoms with Gasteiger partial charge in [-0.15, -0.1) is 0 Å². The molecular formula is C17H34N4. The monoisotopic (exact) mass is 294 g/mol. The van der Waals surface area contributed by atoms with Crippen molar-refractivity contribution in [1.29, 1.82) is 0 Å². The number of nitrogens with zero attached hydrogens (tertiary/aromatic N) is 2. The highest BCUT2D eigenvalue weighted by atomic mass is 15.2. The van der Waals surface area contributed by atoms with Gasteiger partial charge in [0.15, 0.2) is 5.96 Å². The van der Waals surface area contributed by atoms with E-state index in [0.29, 0.717) is 6.04 Å². The molecular weight excluding hydrogens is 260 g/mol. The molecule has 0 aromatic heterocycles. The first-order valence-corrected chi connectivity index (χ1v) is 9.09. The lowest BCUT2D eigenvalue weighted by molar-refractivity contribution is 0.203. The van der Waals surface area contributed by atoms with Crippen molar-refractivity contribution >= 4 is 5.96 Å². The Labute approximate surface area is 130 Å². The number of guanidine groups is 1. The van der Waals surface area contributed by atoms with E-state index in [-0.39, 0.29) is 0 Å². The number of aliphatic imine (C=N–C) groups is 1. The van der Waals surface area contributed by atoms with Crippen LogP contribution in [-0.2, 0) is 0 Å². The maximum atomic E-state index is 4.74. The molecule has 122 valence electrons. The highest BCUT2D eigenvalue weighted by Gasteiger charge is 2.21. The molecule has 4 nitrogen and oxygen atoms in total. The summed E-state index contributed by atoms with van der Waals surface area (Å²) in [6.07, 6.45) is 9.25. The second-order valence-corrected chi connectivity index (χ2v) is 6.61. The molecule has 1 aliphatic carbocycles. The summed E-state index contributed by atoms with van der Waals surface area (Å²) >= 11 is 0. The van der Waals surface area contributed by atoms with Gasteiger partial charge in [-0.05, 0) is 45.1 Å². The van der Waals surface area contributed by atoms with Crippen molar-refractivity contribution in [2.24, 2.45) is 10.9 Å². The van der Waals surface area contributed by atoms with Gasteiger partial charge in [-0.3, -0.25) is 4.99 Å². The molecule has 4 heteroatoms. The molecule has 1 heterocycles. The number of hydrogen-bond acceptors (Lipinski definition) is 2. The summed E-state index contributed by atoms with van der Waals surface area (Å²) < 4.78 is 0. The highest BCUT2D eigenvalue weighted by Crippen LogP contribution is 2.32. The van der Waals surface area contributed by atoms with Crippen LogP contribution < -0.4 is 10.6 Å². The molecule has 0 unspecified atom stereocenters. The highest BCUT2D eigenvalue weighted by molar-refractivity contribution is 5.80. The van der Waals surface area contributed by atoms with Crippen LogP contribution in [0.4, 0.5) is 0 Å². The van der Waals surface area contributed by atoms with E-state index in [1.54, 1.807) is 0 Å². The molecule has 2 rings (SSSR count). The lowest BCUT2D eigenvalue weighted by Gasteiger charge is -2.33. The van der Waals surface area contributed by atoms with Gasteiger partial charge in [0.2, 0.25) is 0 Å². The Morgan fingerprint density at radius 1 is 1.14 bits per heavy atom. The molecule has 1 saturated heterocycles. The zero-order chi connectivity index (χ0) is 14.9. The third kappa shape index (κ3) is 6.68. The normalized spacial score (nSPS) is 21.5. The van der Waals surface area contributed by atoms with E-state index >= 15 is 0 Å². The first kappa shape index (κ1) is 16.6. The molecule has 1 aliphatic heterocycles. The van der Waals surface area contributed by atoms with Crippen LogP contribution in [-0.4, -0.2) is 49.6 Å². The van der Waals surface area contributed by atoms with Crippen LogP contribution >= 0.6 is 0 Å². The van der Waals surface area contributed by atoms with Crippen molar-refractivity contribution in [2.45, 2.75) is 64.8 Å². The molecule has 0 aromatic carbocycles. The Balaban J connectivity index is 1.67. The van der Waals surface area contributed by atoms with Gasteiger partial charge in [-0.25, -0.2) is 0 Å². The van der Waals surface area contributed by atoms with E-state index in [0.717, 1.165) is 25.0 Å². The van der Waals surface area contributed by atoms with Crippen molar-refractivity contribution in [1.82, 2.24) is 15.5 Å². The maximum Gasteiger partial charge on any atom is 0.191 e. The predicted octanol–water partition coefficient (Wildman–Crippen LogP) is 2.61. The lowest BCUT2D eigenvalue weighted by Crippen LogP contribution is -2.48. The van der Waals surface area contributed by atoms with Crippen LogP contribution in [0.5, 0.6) is 0 Å². The van der Waals surface area contributed by atoms with E-state index in [1.807, 2.05) is 0 Å². The number of unbranched alkanes of at least 4 members (excludes halogenated alkanes) is 1. The summed E-state index contributed by atoms with van der Waals surface area (Å²) in [5.74, 6) is 2.00. The van der Waals surface area contributed by atoms with Gasteiger partial charge >= 0.3 is 0 Å². The van der Waals surface area contributed by atoms with Crippen molar-refractivity contribution in [2.75, 3.05) is 32.7 Å². The molecule has 2 N–H and O–H groups in total. The molecule has 0 aromatic rings. The first-order valence-electron chi connectivity index (χ1n) is 9.09. The van der Waals surface area contributed by atoms with Crippen LogP contribution in [0.15, 0.2) is 4.99 Å². The molecule has 0 radical (unpaired) electrons. The second kappa shape index (κ2) is 9.29. The Morgan fingerprint density at radius 3 is 2.52 bits per heavy atom. The molecule has 0 atom stereocenters. The fourth-order valence-electron chi connectivity index (χ4n) is 2.96. The van der Waals surface area contributed by atoms with E-state index < -0.39 is 0 Å². The van der Waals surface area contributed by atoms with Crippen molar-refractivity contribution in [3.05, 3.63) is 0 Å². The second-order valence-electron chi connectivity index (χ2n) is 6.61. The van der Waals surface area contributed by atoms with Gasteiger partial charge < -0.3 is 15.5 Å². The summed E-state index contributed by atoms with van der Waals surface area (Å²) in [4.78, 5) is 7.35. The van der Waals surface area contributed by atoms with Gasteiger partial charge in [-0.2, -0.15) is 0 Å². The van der Waals surface area contributed by atoms with E-state index in [2.05, 4.69) is 29.4 Å². The maximum absolute atomic E-state index is 4.74. The molecule has 1 saturated carbocycles. The number of rotatable bonds is 8. The first-order chi connectivity index (χ1) is 10.3. The summed E-state index contributed by atoms with van der Waals surface area (Å²) in [5, 5.41) is 7.03. The Hall–Kier alpha value is -0.770. The topological polar surface area (TPSA) is 39.7 Å². The fourth-order valence-corrected chi connectivity index (χ4v) is 2.96. The number of piperidine rings is 1. The molecule has 0 spiro atoms. The molecule has 21 heavy (non-hydrogen) atoms. The minimum atomic E-state index is 0.599. The Bertz CT molecular complexity index is 304. The van der Waals surface area contributed by atoms with Crippen molar-refractivity contribution < 1.29 is 0 Å². The third-order valence-corrected chi connectivity index (χ3v) is 4.60. The largest absolute Gasteiger partial charge is 0.357 e. The Kier molecular flexibility index (Phi) is 7.34. The van der Waals surface area contributed by atoms with Crippen molar-refractivity contribution in [3.8, 4) is 0 Å². The van der Waals surface area contributed by atoms with E-state index in [1.165, 1.54) is 64.6 Å². The fraction of sp³-hybridized carbons (Fsp3) is 0.941. The number of hydrogen-bond donors (Lipinski definition) is 2. The van der Waals surface area contributed by atoms with Gasteiger partial charge in [-0.1, -0.05) is 26.2 Å². The van der Waals surface area contributed by atoms with Gasteiger partial charge in [0.1, 0.15) is 0 Å². The molecule has 2 fully saturated rings. The van der Waals surface area contributed by atoms with Crippen molar-refractivity contribution in [3.63, 3.8) is 0 Å². The minimum absolute atomic E-state index is 0.599. The minimum Gasteiger partial charge on any atom is -0.357 e. The molecule has 2 aliphatic rings. The molecule has 0 bridgehead atoms. The standard InChI is InChI=1S/C17H34N4/c1-3-5-12-21-13-9-16(10-14-21)20-17(18-4-2)19-11-8-15-6-7-15/h15-16H,3-14H2,1-2H3,(H2,18,19,20). The lowest BCUT2D eigenvalue weighted by atomic mass is 10.0. The van der Waals surface area contributed by atoms with Crippen LogP contribution in [0.3, 0.4) is 0 Å². The summed E-state index contributed by atoms with van der Waals surface area (Å²) in [5.41, 5.74) is 0. The van der Waals surface area contributed by atoms with Crippen LogP contribution in [0, 0.1) is 5.92 Å².